The van der Waals surface area contributed by atoms with Crippen molar-refractivity contribution in [3.05, 3.63) is 0 Å². The third-order valence-corrected chi connectivity index (χ3v) is 5.37. The molecule has 0 aliphatic heterocycles. The molecular formula is C10H21NTa. The van der Waals surface area contributed by atoms with Gasteiger partial charge in [-0.15, -0.1) is 0 Å². The van der Waals surface area contributed by atoms with Gasteiger partial charge in [0.25, 0.3) is 0 Å². The summed E-state index contributed by atoms with van der Waals surface area (Å²) < 4.78 is 4.62. The van der Waals surface area contributed by atoms with E-state index in [9.17, 15) is 0 Å². The summed E-state index contributed by atoms with van der Waals surface area (Å²) in [5, 5.41) is 0. The molecule has 0 aromatic rings. The van der Waals surface area contributed by atoms with Gasteiger partial charge in [-0.25, -0.2) is 0 Å². The van der Waals surface area contributed by atoms with Crippen LogP contribution in [0.3, 0.4) is 0 Å². The van der Waals surface area contributed by atoms with Gasteiger partial charge in [0.05, 0.1) is 0 Å². The summed E-state index contributed by atoms with van der Waals surface area (Å²) in [4.78, 5) is 0. The molecule has 0 amide bonds. The molecule has 71 valence electrons. The summed E-state index contributed by atoms with van der Waals surface area (Å²) in [6.07, 6.45) is 3.73. The maximum absolute atomic E-state index is 4.62. The van der Waals surface area contributed by atoms with Crippen LogP contribution < -0.4 is 0 Å². The fourth-order valence-electron chi connectivity index (χ4n) is 2.15. The van der Waals surface area contributed by atoms with Crippen LogP contribution in [0.4, 0.5) is 0 Å². The summed E-state index contributed by atoms with van der Waals surface area (Å²) >= 11 is 1.16. The minimum absolute atomic E-state index is 0.180. The van der Waals surface area contributed by atoms with Crippen LogP contribution >= 0.6 is 0 Å². The third-order valence-electron chi connectivity index (χ3n) is 3.58. The Labute approximate surface area is 89.1 Å². The molecule has 12 heavy (non-hydrogen) atoms. The van der Waals surface area contributed by atoms with E-state index < -0.39 is 0 Å². The average molecular weight is 336 g/mol. The molecule has 0 rings (SSSR count). The van der Waals surface area contributed by atoms with Crippen molar-refractivity contribution in [1.29, 1.82) is 0 Å². The molecule has 0 unspecified atom stereocenters. The Bertz CT molecular complexity index is 140. The topological polar surface area (TPSA) is 12.4 Å². The molecule has 0 aliphatic rings. The first kappa shape index (κ1) is 12.5. The van der Waals surface area contributed by atoms with E-state index in [1.165, 1.54) is 19.3 Å². The molecule has 0 aromatic heterocycles. The van der Waals surface area contributed by atoms with E-state index in [1.807, 2.05) is 0 Å². The van der Waals surface area contributed by atoms with Crippen molar-refractivity contribution in [1.82, 2.24) is 0 Å². The van der Waals surface area contributed by atoms with Gasteiger partial charge in [-0.3, -0.25) is 0 Å². The third kappa shape index (κ3) is 2.07. The Morgan fingerprint density at radius 1 is 1.00 bits per heavy atom. The fraction of sp³-hybridized carbons (Fsp3) is 1.00. The van der Waals surface area contributed by atoms with Crippen LogP contribution in [0.5, 0.6) is 0 Å². The number of rotatable bonds is 5. The molecule has 0 spiro atoms. The first-order chi connectivity index (χ1) is 5.49. The van der Waals surface area contributed by atoms with Crippen molar-refractivity contribution in [3.63, 3.8) is 0 Å². The van der Waals surface area contributed by atoms with E-state index in [2.05, 4.69) is 38.0 Å². The molecular weight excluding hydrogens is 315 g/mol. The first-order valence-corrected chi connectivity index (χ1v) is 6.29. The molecule has 0 atom stereocenters. The molecule has 0 radical (unpaired) electrons. The van der Waals surface area contributed by atoms with Crippen LogP contribution in [0.2, 0.25) is 0 Å². The van der Waals surface area contributed by atoms with Gasteiger partial charge in [0.15, 0.2) is 0 Å². The summed E-state index contributed by atoms with van der Waals surface area (Å²) in [6.45, 7) is 11.4. The second kappa shape index (κ2) is 4.69. The predicted octanol–water partition coefficient (Wildman–Crippen LogP) is 3.71. The fourth-order valence-corrected chi connectivity index (χ4v) is 2.92. The quantitative estimate of drug-likeness (QED) is 0.726. The minimum atomic E-state index is 0.180. The Hall–Kier alpha value is 0.540. The van der Waals surface area contributed by atoms with Crippen molar-refractivity contribution < 1.29 is 20.9 Å². The van der Waals surface area contributed by atoms with Gasteiger partial charge in [-0.1, -0.05) is 0 Å². The first-order valence-electron chi connectivity index (χ1n) is 4.86. The molecule has 0 aromatic carbocycles. The molecule has 1 nitrogen and oxygen atoms in total. The average Bonchev–Trinajstić information content (AvgIpc) is 2.08. The molecule has 0 N–H and O–H groups in total. The van der Waals surface area contributed by atoms with E-state index >= 15 is 0 Å². The van der Waals surface area contributed by atoms with Gasteiger partial charge in [-0.2, -0.15) is 0 Å². The van der Waals surface area contributed by atoms with Crippen molar-refractivity contribution in [2.75, 3.05) is 0 Å². The van der Waals surface area contributed by atoms with Gasteiger partial charge in [0.2, 0.25) is 0 Å². The van der Waals surface area contributed by atoms with Gasteiger partial charge in [-0.05, 0) is 0 Å². The summed E-state index contributed by atoms with van der Waals surface area (Å²) in [6, 6.07) is 0. The van der Waals surface area contributed by atoms with Gasteiger partial charge >= 0.3 is 89.1 Å². The number of hydrogen-bond acceptors (Lipinski definition) is 1. The Morgan fingerprint density at radius 2 is 1.33 bits per heavy atom. The molecule has 2 heteroatoms. The van der Waals surface area contributed by atoms with E-state index in [4.69, 9.17) is 0 Å². The molecule has 0 saturated carbocycles. The molecule has 0 fully saturated rings. The number of hydrogen-bond donors (Lipinski definition) is 0. The second-order valence-corrected chi connectivity index (χ2v) is 4.72. The second-order valence-electron chi connectivity index (χ2n) is 4.00. The van der Waals surface area contributed by atoms with Crippen molar-refractivity contribution in [2.45, 2.75) is 59.4 Å². The SMILES string of the molecule is CCC(CC)(CC)C(C)(C)[N]=[Ta]. The van der Waals surface area contributed by atoms with Crippen molar-refractivity contribution in [3.8, 4) is 0 Å². The van der Waals surface area contributed by atoms with Crippen molar-refractivity contribution >= 4 is 0 Å². The van der Waals surface area contributed by atoms with E-state index in [1.54, 1.807) is 0 Å². The van der Waals surface area contributed by atoms with Crippen LogP contribution in [0.1, 0.15) is 53.9 Å². The zero-order valence-electron chi connectivity index (χ0n) is 9.02. The maximum atomic E-state index is 4.62. The Balaban J connectivity index is 4.81. The standard InChI is InChI=1S/C10H21N.Ta/c1-6-10(7-2,8-3)9(4,5)11;/h6-8H2,1-5H3;. The van der Waals surface area contributed by atoms with Gasteiger partial charge in [0.1, 0.15) is 0 Å². The Morgan fingerprint density at radius 3 is 1.42 bits per heavy atom. The number of nitrogens with zero attached hydrogens (tertiary/aromatic N) is 1. The normalized spacial score (nSPS) is 13.0. The van der Waals surface area contributed by atoms with Gasteiger partial charge < -0.3 is 0 Å². The van der Waals surface area contributed by atoms with Crippen LogP contribution in [-0.4, -0.2) is 5.54 Å². The summed E-state index contributed by atoms with van der Waals surface area (Å²) in [5.74, 6) is 0. The monoisotopic (exact) mass is 336 g/mol. The van der Waals surface area contributed by atoms with E-state index in [-0.39, 0.29) is 5.54 Å². The van der Waals surface area contributed by atoms with E-state index in [0.29, 0.717) is 5.41 Å². The van der Waals surface area contributed by atoms with Crippen LogP contribution in [0.15, 0.2) is 3.34 Å². The van der Waals surface area contributed by atoms with Crippen LogP contribution in [0.25, 0.3) is 0 Å². The van der Waals surface area contributed by atoms with Crippen molar-refractivity contribution in [2.24, 2.45) is 8.75 Å². The summed E-state index contributed by atoms with van der Waals surface area (Å²) in [5.41, 5.74) is 0.612. The molecule has 0 bridgehead atoms. The summed E-state index contributed by atoms with van der Waals surface area (Å²) in [7, 11) is 0. The molecule has 0 heterocycles. The predicted molar refractivity (Wildman–Crippen MR) is 49.8 cm³/mol. The van der Waals surface area contributed by atoms with Crippen LogP contribution in [-0.2, 0) is 20.9 Å². The zero-order valence-corrected chi connectivity index (χ0v) is 12.2. The van der Waals surface area contributed by atoms with Gasteiger partial charge in [0, 0.05) is 0 Å². The Kier molecular flexibility index (Phi) is 4.90. The van der Waals surface area contributed by atoms with Crippen LogP contribution in [0, 0.1) is 5.41 Å². The van der Waals surface area contributed by atoms with E-state index in [0.717, 1.165) is 20.9 Å². The molecule has 0 aliphatic carbocycles. The zero-order chi connectivity index (χ0) is 9.83. The molecule has 0 saturated heterocycles.